The second-order valence-electron chi connectivity index (χ2n) is 5.65. The Bertz CT molecular complexity index is 202. The molecule has 0 unspecified atom stereocenters. The summed E-state index contributed by atoms with van der Waals surface area (Å²) >= 11 is 0. The van der Waals surface area contributed by atoms with Crippen LogP contribution in [0, 0.1) is 11.8 Å². The lowest BCUT2D eigenvalue weighted by Crippen LogP contribution is -2.55. The SMILES string of the molecule is CC(C)CC(CN)(CC(C)C)NCC(F)(F)F. The standard InChI is InChI=1S/C12H25F3N2/c1-9(2)5-11(7-16,6-10(3)4)17-8-12(13,14)15/h9-10,17H,5-8,16H2,1-4H3. The molecule has 0 bridgehead atoms. The fraction of sp³-hybridized carbons (Fsp3) is 1.00. The Morgan fingerprint density at radius 3 is 1.65 bits per heavy atom. The molecule has 0 aliphatic carbocycles. The van der Waals surface area contributed by atoms with Crippen LogP contribution in [0.15, 0.2) is 0 Å². The zero-order valence-electron chi connectivity index (χ0n) is 11.2. The van der Waals surface area contributed by atoms with Crippen LogP contribution < -0.4 is 11.1 Å². The first-order chi connectivity index (χ1) is 7.60. The van der Waals surface area contributed by atoms with Gasteiger partial charge < -0.3 is 11.1 Å². The molecule has 2 nitrogen and oxygen atoms in total. The molecule has 0 amide bonds. The summed E-state index contributed by atoms with van der Waals surface area (Å²) in [7, 11) is 0. The van der Waals surface area contributed by atoms with Crippen LogP contribution in [0.2, 0.25) is 0 Å². The molecule has 0 aromatic carbocycles. The van der Waals surface area contributed by atoms with Crippen LogP contribution in [0.5, 0.6) is 0 Å². The van der Waals surface area contributed by atoms with Crippen LogP contribution in [-0.2, 0) is 0 Å². The van der Waals surface area contributed by atoms with Gasteiger partial charge in [0.1, 0.15) is 0 Å². The third-order valence-electron chi connectivity index (χ3n) is 2.65. The highest BCUT2D eigenvalue weighted by Crippen LogP contribution is 2.25. The molecule has 3 N–H and O–H groups in total. The zero-order chi connectivity index (χ0) is 13.7. The number of hydrogen-bond acceptors (Lipinski definition) is 2. The molecular formula is C12H25F3N2. The van der Waals surface area contributed by atoms with E-state index in [1.807, 2.05) is 27.7 Å². The molecule has 0 radical (unpaired) electrons. The highest BCUT2D eigenvalue weighted by molar-refractivity contribution is 4.91. The maximum atomic E-state index is 12.3. The molecule has 17 heavy (non-hydrogen) atoms. The molecule has 0 aromatic heterocycles. The van der Waals surface area contributed by atoms with Gasteiger partial charge in [-0.2, -0.15) is 13.2 Å². The summed E-state index contributed by atoms with van der Waals surface area (Å²) in [5.74, 6) is 0.635. The average molecular weight is 254 g/mol. The van der Waals surface area contributed by atoms with Gasteiger partial charge in [0.05, 0.1) is 6.54 Å². The van der Waals surface area contributed by atoms with Crippen molar-refractivity contribution in [2.45, 2.75) is 52.3 Å². The van der Waals surface area contributed by atoms with Crippen molar-refractivity contribution >= 4 is 0 Å². The number of nitrogens with two attached hydrogens (primary N) is 1. The first kappa shape index (κ1) is 16.7. The summed E-state index contributed by atoms with van der Waals surface area (Å²) in [5.41, 5.74) is 5.10. The third kappa shape index (κ3) is 7.60. The van der Waals surface area contributed by atoms with Crippen molar-refractivity contribution in [3.8, 4) is 0 Å². The van der Waals surface area contributed by atoms with Crippen LogP contribution >= 0.6 is 0 Å². The Morgan fingerprint density at radius 1 is 1.00 bits per heavy atom. The molecule has 0 aliphatic rings. The van der Waals surface area contributed by atoms with E-state index in [4.69, 9.17) is 5.73 Å². The number of hydrogen-bond donors (Lipinski definition) is 2. The fourth-order valence-corrected chi connectivity index (χ4v) is 2.32. The second-order valence-corrected chi connectivity index (χ2v) is 5.65. The number of alkyl halides is 3. The first-order valence-electron chi connectivity index (χ1n) is 6.12. The molecule has 0 fully saturated rings. The Balaban J connectivity index is 4.66. The summed E-state index contributed by atoms with van der Waals surface area (Å²) in [6.07, 6.45) is -2.86. The van der Waals surface area contributed by atoms with E-state index >= 15 is 0 Å². The number of halogens is 3. The van der Waals surface area contributed by atoms with Gasteiger partial charge in [0.25, 0.3) is 0 Å². The highest BCUT2D eigenvalue weighted by Gasteiger charge is 2.35. The molecule has 0 heterocycles. The van der Waals surface area contributed by atoms with Crippen molar-refractivity contribution in [1.29, 1.82) is 0 Å². The molecule has 0 atom stereocenters. The van der Waals surface area contributed by atoms with Gasteiger partial charge in [-0.15, -0.1) is 0 Å². The van der Waals surface area contributed by atoms with Gasteiger partial charge in [-0.25, -0.2) is 0 Å². The van der Waals surface area contributed by atoms with E-state index in [-0.39, 0.29) is 6.54 Å². The lowest BCUT2D eigenvalue weighted by Gasteiger charge is -2.37. The van der Waals surface area contributed by atoms with Gasteiger partial charge in [-0.1, -0.05) is 27.7 Å². The summed E-state index contributed by atoms with van der Waals surface area (Å²) in [6, 6.07) is 0. The number of rotatable bonds is 7. The Hall–Kier alpha value is -0.290. The van der Waals surface area contributed by atoms with Crippen molar-refractivity contribution in [2.75, 3.05) is 13.1 Å². The summed E-state index contributed by atoms with van der Waals surface area (Å²) < 4.78 is 36.9. The van der Waals surface area contributed by atoms with Crippen LogP contribution in [0.4, 0.5) is 13.2 Å². The normalized spacial score (nSPS) is 13.8. The van der Waals surface area contributed by atoms with Gasteiger partial charge in [-0.05, 0) is 24.7 Å². The quantitative estimate of drug-likeness (QED) is 0.733. The van der Waals surface area contributed by atoms with Gasteiger partial charge in [-0.3, -0.25) is 0 Å². The molecule has 0 saturated heterocycles. The minimum Gasteiger partial charge on any atom is -0.329 e. The van der Waals surface area contributed by atoms with Crippen LogP contribution in [0.25, 0.3) is 0 Å². The molecule has 5 heteroatoms. The molecule has 0 rings (SSSR count). The van der Waals surface area contributed by atoms with Crippen molar-refractivity contribution in [3.05, 3.63) is 0 Å². The monoisotopic (exact) mass is 254 g/mol. The van der Waals surface area contributed by atoms with E-state index in [9.17, 15) is 13.2 Å². The Labute approximate surface area is 102 Å². The number of nitrogens with one attached hydrogen (secondary N) is 1. The largest absolute Gasteiger partial charge is 0.401 e. The highest BCUT2D eigenvalue weighted by atomic mass is 19.4. The van der Waals surface area contributed by atoms with Crippen LogP contribution in [-0.4, -0.2) is 24.8 Å². The lowest BCUT2D eigenvalue weighted by molar-refractivity contribution is -0.129. The van der Waals surface area contributed by atoms with Gasteiger partial charge in [0.2, 0.25) is 0 Å². The van der Waals surface area contributed by atoms with E-state index in [1.165, 1.54) is 0 Å². The van der Waals surface area contributed by atoms with E-state index in [0.29, 0.717) is 24.7 Å². The van der Waals surface area contributed by atoms with Gasteiger partial charge in [0.15, 0.2) is 0 Å². The Morgan fingerprint density at radius 2 is 1.41 bits per heavy atom. The predicted molar refractivity (Wildman–Crippen MR) is 64.8 cm³/mol. The zero-order valence-corrected chi connectivity index (χ0v) is 11.2. The van der Waals surface area contributed by atoms with E-state index in [2.05, 4.69) is 5.32 Å². The maximum Gasteiger partial charge on any atom is 0.401 e. The summed E-state index contributed by atoms with van der Waals surface area (Å²) in [6.45, 7) is 7.27. The molecule has 0 aliphatic heterocycles. The van der Waals surface area contributed by atoms with Crippen molar-refractivity contribution < 1.29 is 13.2 Å². The predicted octanol–water partition coefficient (Wildman–Crippen LogP) is 2.93. The van der Waals surface area contributed by atoms with Crippen molar-refractivity contribution in [3.63, 3.8) is 0 Å². The lowest BCUT2D eigenvalue weighted by atomic mass is 9.82. The molecular weight excluding hydrogens is 229 g/mol. The topological polar surface area (TPSA) is 38.0 Å². The Kier molecular flexibility index (Phi) is 6.48. The minimum atomic E-state index is -4.19. The second kappa shape index (κ2) is 6.59. The maximum absolute atomic E-state index is 12.3. The van der Waals surface area contributed by atoms with Crippen LogP contribution in [0.3, 0.4) is 0 Å². The minimum absolute atomic E-state index is 0.236. The van der Waals surface area contributed by atoms with E-state index in [0.717, 1.165) is 0 Å². The van der Waals surface area contributed by atoms with E-state index < -0.39 is 18.3 Å². The van der Waals surface area contributed by atoms with Crippen molar-refractivity contribution in [2.24, 2.45) is 17.6 Å². The molecule has 0 aromatic rings. The first-order valence-corrected chi connectivity index (χ1v) is 6.12. The molecule has 0 spiro atoms. The third-order valence-corrected chi connectivity index (χ3v) is 2.65. The smallest absolute Gasteiger partial charge is 0.329 e. The molecule has 0 saturated carbocycles. The van der Waals surface area contributed by atoms with E-state index in [1.54, 1.807) is 0 Å². The summed E-state index contributed by atoms with van der Waals surface area (Å²) in [4.78, 5) is 0. The van der Waals surface area contributed by atoms with Crippen molar-refractivity contribution in [1.82, 2.24) is 5.32 Å². The summed E-state index contributed by atoms with van der Waals surface area (Å²) in [5, 5.41) is 2.64. The fourth-order valence-electron chi connectivity index (χ4n) is 2.32. The average Bonchev–Trinajstić information content (AvgIpc) is 2.11. The molecule has 104 valence electrons. The van der Waals surface area contributed by atoms with Gasteiger partial charge >= 0.3 is 6.18 Å². The van der Waals surface area contributed by atoms with Gasteiger partial charge in [0, 0.05) is 12.1 Å². The van der Waals surface area contributed by atoms with Crippen LogP contribution in [0.1, 0.15) is 40.5 Å².